The number of benzene rings is 1. The van der Waals surface area contributed by atoms with Gasteiger partial charge in [0.2, 0.25) is 5.88 Å². The van der Waals surface area contributed by atoms with E-state index in [4.69, 9.17) is 4.74 Å². The minimum atomic E-state index is -0.529. The summed E-state index contributed by atoms with van der Waals surface area (Å²) in [5.41, 5.74) is 0.866. The summed E-state index contributed by atoms with van der Waals surface area (Å²) in [6.07, 6.45) is 0. The van der Waals surface area contributed by atoms with Gasteiger partial charge in [0.15, 0.2) is 5.69 Å². The molecule has 0 atom stereocenters. The maximum absolute atomic E-state index is 11.2. The number of H-pyrrole nitrogens is 1. The maximum atomic E-state index is 11.2. The zero-order valence-corrected chi connectivity index (χ0v) is 10.5. The van der Waals surface area contributed by atoms with E-state index in [0.29, 0.717) is 16.7 Å². The highest BCUT2D eigenvalue weighted by molar-refractivity contribution is 5.95. The number of amides is 1. The first-order valence-corrected chi connectivity index (χ1v) is 5.48. The van der Waals surface area contributed by atoms with Gasteiger partial charge in [-0.15, -0.1) is 10.2 Å². The Kier molecular flexibility index (Phi) is 3.76. The summed E-state index contributed by atoms with van der Waals surface area (Å²) < 4.78 is 9.73. The number of azo groups is 1. The van der Waals surface area contributed by atoms with Crippen LogP contribution in [0.2, 0.25) is 0 Å². The molecule has 0 fully saturated rings. The summed E-state index contributed by atoms with van der Waals surface area (Å²) in [7, 11) is 2.93. The number of methoxy groups -OCH3 is 2. The molecule has 0 aliphatic rings. The van der Waals surface area contributed by atoms with Crippen molar-refractivity contribution in [3.63, 3.8) is 0 Å². The van der Waals surface area contributed by atoms with Crippen LogP contribution in [0.1, 0.15) is 0 Å². The number of aromatic amines is 1. The van der Waals surface area contributed by atoms with Gasteiger partial charge in [-0.3, -0.25) is 4.79 Å². The Bertz CT molecular complexity index is 633. The van der Waals surface area contributed by atoms with Crippen molar-refractivity contribution in [1.82, 2.24) is 4.98 Å². The quantitative estimate of drug-likeness (QED) is 0.826. The molecule has 0 spiro atoms. The largest absolute Gasteiger partial charge is 0.497 e. The molecule has 0 radical (unpaired) electrons. The Morgan fingerprint density at radius 3 is 2.89 bits per heavy atom. The van der Waals surface area contributed by atoms with Gasteiger partial charge in [-0.2, -0.15) is 0 Å². The van der Waals surface area contributed by atoms with Gasteiger partial charge in [0, 0.05) is 12.5 Å². The van der Waals surface area contributed by atoms with Crippen molar-refractivity contribution in [2.75, 3.05) is 20.8 Å². The lowest BCUT2D eigenvalue weighted by molar-refractivity contribution is -0.121. The number of hydrogen-bond donors (Lipinski definition) is 2. The third kappa shape index (κ3) is 2.71. The summed E-state index contributed by atoms with van der Waals surface area (Å²) in [6.45, 7) is -0.157. The molecule has 7 nitrogen and oxygen atoms in total. The fourth-order valence-corrected chi connectivity index (χ4v) is 1.63. The predicted molar refractivity (Wildman–Crippen MR) is 67.9 cm³/mol. The number of nitrogens with one attached hydrogen (secondary N) is 1. The Morgan fingerprint density at radius 1 is 1.42 bits per heavy atom. The first-order valence-electron chi connectivity index (χ1n) is 5.48. The Labute approximate surface area is 108 Å². The number of carbonyl (C=O) groups excluding carboxylic acids is 1. The second-order valence-electron chi connectivity index (χ2n) is 3.76. The monoisotopic (exact) mass is 263 g/mol. The summed E-state index contributed by atoms with van der Waals surface area (Å²) in [6, 6.07) is 5.18. The molecule has 0 aliphatic carbocycles. The van der Waals surface area contributed by atoms with E-state index in [-0.39, 0.29) is 18.2 Å². The highest BCUT2D eigenvalue weighted by Gasteiger charge is 2.11. The summed E-state index contributed by atoms with van der Waals surface area (Å²) in [4.78, 5) is 13.9. The number of fused-ring (bicyclic) bond motifs is 1. The van der Waals surface area contributed by atoms with Gasteiger partial charge in [0.05, 0.1) is 12.6 Å². The van der Waals surface area contributed by atoms with Crippen LogP contribution >= 0.6 is 0 Å². The van der Waals surface area contributed by atoms with E-state index < -0.39 is 5.91 Å². The van der Waals surface area contributed by atoms with E-state index in [1.165, 1.54) is 14.2 Å². The van der Waals surface area contributed by atoms with Crippen molar-refractivity contribution in [2.45, 2.75) is 0 Å². The molecule has 0 saturated carbocycles. The molecule has 19 heavy (non-hydrogen) atoms. The molecule has 2 rings (SSSR count). The number of carbonyl (C=O) groups is 1. The maximum Gasteiger partial charge on any atom is 0.290 e. The van der Waals surface area contributed by atoms with E-state index >= 15 is 0 Å². The zero-order valence-electron chi connectivity index (χ0n) is 10.5. The normalized spacial score (nSPS) is 11.3. The van der Waals surface area contributed by atoms with E-state index in [1.54, 1.807) is 18.2 Å². The molecule has 0 bridgehead atoms. The van der Waals surface area contributed by atoms with Crippen LogP contribution in [-0.2, 0) is 9.53 Å². The SMILES string of the molecule is COCC(=O)N=Nc1c(O)[nH]c2ccc(OC)cc12. The Morgan fingerprint density at radius 2 is 2.21 bits per heavy atom. The van der Waals surface area contributed by atoms with Crippen LogP contribution in [0.3, 0.4) is 0 Å². The lowest BCUT2D eigenvalue weighted by Crippen LogP contribution is -2.01. The molecule has 7 heteroatoms. The van der Waals surface area contributed by atoms with Crippen molar-refractivity contribution in [1.29, 1.82) is 0 Å². The average molecular weight is 263 g/mol. The van der Waals surface area contributed by atoms with Gasteiger partial charge in [-0.1, -0.05) is 0 Å². The fourth-order valence-electron chi connectivity index (χ4n) is 1.63. The van der Waals surface area contributed by atoms with Gasteiger partial charge in [0.25, 0.3) is 5.91 Å². The minimum Gasteiger partial charge on any atom is -0.497 e. The number of ether oxygens (including phenoxy) is 2. The van der Waals surface area contributed by atoms with Gasteiger partial charge in [-0.05, 0) is 18.2 Å². The highest BCUT2D eigenvalue weighted by Crippen LogP contribution is 2.37. The molecule has 0 saturated heterocycles. The topological polar surface area (TPSA) is 96.3 Å². The highest BCUT2D eigenvalue weighted by atomic mass is 16.5. The molecule has 1 aromatic heterocycles. The van der Waals surface area contributed by atoms with E-state index in [9.17, 15) is 9.90 Å². The molecule has 2 N–H and O–H groups in total. The van der Waals surface area contributed by atoms with Crippen LogP contribution in [0.4, 0.5) is 5.69 Å². The molecule has 0 aliphatic heterocycles. The van der Waals surface area contributed by atoms with Gasteiger partial charge >= 0.3 is 0 Å². The molecule has 2 aromatic rings. The average Bonchev–Trinajstić information content (AvgIpc) is 2.71. The van der Waals surface area contributed by atoms with Crippen molar-refractivity contribution in [3.05, 3.63) is 18.2 Å². The summed E-state index contributed by atoms with van der Waals surface area (Å²) in [5, 5.41) is 17.6. The van der Waals surface area contributed by atoms with Gasteiger partial charge in [-0.25, -0.2) is 0 Å². The second-order valence-corrected chi connectivity index (χ2v) is 3.76. The standard InChI is InChI=1S/C12H13N3O4/c1-18-6-10(16)14-15-11-8-5-7(19-2)3-4-9(8)13-12(11)17/h3-5,13,17H,6H2,1-2H3. The summed E-state index contributed by atoms with van der Waals surface area (Å²) >= 11 is 0. The smallest absolute Gasteiger partial charge is 0.290 e. The van der Waals surface area contributed by atoms with Crippen LogP contribution in [-0.4, -0.2) is 36.8 Å². The summed E-state index contributed by atoms with van der Waals surface area (Å²) in [5.74, 6) is -0.0671. The lowest BCUT2D eigenvalue weighted by atomic mass is 10.2. The molecule has 1 amide bonds. The number of aromatic nitrogens is 1. The molecule has 1 aromatic carbocycles. The minimum absolute atomic E-state index is 0.155. The van der Waals surface area contributed by atoms with Crippen molar-refractivity contribution >= 4 is 22.5 Å². The molecule has 0 unspecified atom stereocenters. The van der Waals surface area contributed by atoms with E-state index in [1.807, 2.05) is 0 Å². The third-order valence-electron chi connectivity index (χ3n) is 2.49. The molecule has 1 heterocycles. The van der Waals surface area contributed by atoms with Crippen molar-refractivity contribution in [2.24, 2.45) is 10.2 Å². The van der Waals surface area contributed by atoms with Crippen LogP contribution in [0, 0.1) is 0 Å². The van der Waals surface area contributed by atoms with Crippen molar-refractivity contribution < 1.29 is 19.4 Å². The number of nitrogens with zero attached hydrogens (tertiary/aromatic N) is 2. The zero-order chi connectivity index (χ0) is 13.8. The first-order chi connectivity index (χ1) is 9.15. The number of rotatable bonds is 4. The number of aromatic hydroxyl groups is 1. The van der Waals surface area contributed by atoms with E-state index in [0.717, 1.165) is 0 Å². The Balaban J connectivity index is 2.41. The van der Waals surface area contributed by atoms with Crippen molar-refractivity contribution in [3.8, 4) is 11.6 Å². The molecular weight excluding hydrogens is 250 g/mol. The van der Waals surface area contributed by atoms with Crippen LogP contribution < -0.4 is 4.74 Å². The van der Waals surface area contributed by atoms with E-state index in [2.05, 4.69) is 19.9 Å². The van der Waals surface area contributed by atoms with Gasteiger partial charge < -0.3 is 19.6 Å². The van der Waals surface area contributed by atoms with Crippen LogP contribution in [0.15, 0.2) is 28.4 Å². The Hall–Kier alpha value is -2.41. The second kappa shape index (κ2) is 5.49. The fraction of sp³-hybridized carbons (Fsp3) is 0.250. The lowest BCUT2D eigenvalue weighted by Gasteiger charge is -1.98. The first kappa shape index (κ1) is 13.0. The molecule has 100 valence electrons. The predicted octanol–water partition coefficient (Wildman–Crippen LogP) is 2.14. The van der Waals surface area contributed by atoms with Crippen LogP contribution in [0.5, 0.6) is 11.6 Å². The number of hydrogen-bond acceptors (Lipinski definition) is 5. The molecular formula is C12H13N3O4. The van der Waals surface area contributed by atoms with Crippen LogP contribution in [0.25, 0.3) is 10.9 Å². The third-order valence-corrected chi connectivity index (χ3v) is 2.49. The van der Waals surface area contributed by atoms with Gasteiger partial charge in [0.1, 0.15) is 12.4 Å².